The fourth-order valence-electron chi connectivity index (χ4n) is 2.82. The van der Waals surface area contributed by atoms with E-state index in [-0.39, 0.29) is 0 Å². The summed E-state index contributed by atoms with van der Waals surface area (Å²) in [4.78, 5) is 0. The molecule has 0 saturated heterocycles. The summed E-state index contributed by atoms with van der Waals surface area (Å²) in [7, 11) is 0. The number of benzene rings is 2. The molecule has 1 aliphatic rings. The summed E-state index contributed by atoms with van der Waals surface area (Å²) in [5, 5.41) is 7.00. The molecule has 3 rings (SSSR count). The molecule has 1 atom stereocenters. The van der Waals surface area contributed by atoms with Gasteiger partial charge >= 0.3 is 0 Å². The Morgan fingerprint density at radius 2 is 1.67 bits per heavy atom. The van der Waals surface area contributed by atoms with Crippen LogP contribution in [-0.4, -0.2) is 17.3 Å². The van der Waals surface area contributed by atoms with E-state index in [0.717, 1.165) is 19.4 Å². The molecular weight excluding hydrogens is 258 g/mol. The summed E-state index contributed by atoms with van der Waals surface area (Å²) < 4.78 is 0. The van der Waals surface area contributed by atoms with Gasteiger partial charge in [0.25, 0.3) is 0 Å². The van der Waals surface area contributed by atoms with E-state index in [1.807, 2.05) is 6.07 Å². The molecule has 2 N–H and O–H groups in total. The maximum Gasteiger partial charge on any atom is 0.0776 e. The number of hydrogen-bond donors (Lipinski definition) is 1. The summed E-state index contributed by atoms with van der Waals surface area (Å²) in [5.41, 5.74) is 9.51. The van der Waals surface area contributed by atoms with Gasteiger partial charge in [-0.15, -0.1) is 0 Å². The van der Waals surface area contributed by atoms with Gasteiger partial charge in [0, 0.05) is 12.1 Å². The van der Waals surface area contributed by atoms with Crippen LogP contribution < -0.4 is 5.73 Å². The molecule has 0 fully saturated rings. The topological polar surface area (TPSA) is 41.6 Å². The lowest BCUT2D eigenvalue weighted by atomic mass is 10.0. The van der Waals surface area contributed by atoms with E-state index in [2.05, 4.69) is 59.6 Å². The van der Waals surface area contributed by atoms with Crippen LogP contribution in [0.15, 0.2) is 65.8 Å². The third-order valence-corrected chi connectivity index (χ3v) is 3.86. The van der Waals surface area contributed by atoms with Gasteiger partial charge in [0.05, 0.1) is 12.6 Å². The highest BCUT2D eigenvalue weighted by molar-refractivity contribution is 5.86. The van der Waals surface area contributed by atoms with Crippen molar-refractivity contribution in [3.63, 3.8) is 0 Å². The van der Waals surface area contributed by atoms with Gasteiger partial charge in [-0.1, -0.05) is 60.7 Å². The minimum Gasteiger partial charge on any atom is -0.330 e. The standard InChI is InChI=1S/C18H21N3/c19-12-11-17-13-18(16-9-5-2-6-10-16)21(20-17)14-15-7-3-1-4-8-15/h1-10,18H,11-14,19H2. The van der Waals surface area contributed by atoms with Crippen LogP contribution in [0.4, 0.5) is 0 Å². The van der Waals surface area contributed by atoms with Crippen LogP contribution in [0, 0.1) is 0 Å². The van der Waals surface area contributed by atoms with Crippen molar-refractivity contribution in [2.24, 2.45) is 10.8 Å². The summed E-state index contributed by atoms with van der Waals surface area (Å²) in [6, 6.07) is 21.4. The van der Waals surface area contributed by atoms with E-state index >= 15 is 0 Å². The fourth-order valence-corrected chi connectivity index (χ4v) is 2.82. The predicted molar refractivity (Wildman–Crippen MR) is 86.9 cm³/mol. The van der Waals surface area contributed by atoms with Crippen molar-refractivity contribution in [1.29, 1.82) is 0 Å². The first-order valence-electron chi connectivity index (χ1n) is 7.49. The zero-order chi connectivity index (χ0) is 14.5. The highest BCUT2D eigenvalue weighted by Gasteiger charge is 2.27. The van der Waals surface area contributed by atoms with Crippen LogP contribution in [0.1, 0.15) is 30.0 Å². The van der Waals surface area contributed by atoms with Crippen LogP contribution in [0.3, 0.4) is 0 Å². The van der Waals surface area contributed by atoms with E-state index in [1.165, 1.54) is 16.8 Å². The molecule has 2 aromatic rings. The van der Waals surface area contributed by atoms with Crippen molar-refractivity contribution in [1.82, 2.24) is 5.01 Å². The molecular formula is C18H21N3. The summed E-state index contributed by atoms with van der Waals surface area (Å²) in [6.45, 7) is 1.51. The number of nitrogens with two attached hydrogens (primary N) is 1. The number of nitrogens with zero attached hydrogens (tertiary/aromatic N) is 2. The highest BCUT2D eigenvalue weighted by Crippen LogP contribution is 2.32. The second-order valence-corrected chi connectivity index (χ2v) is 5.42. The van der Waals surface area contributed by atoms with Gasteiger partial charge in [-0.25, -0.2) is 0 Å². The molecule has 21 heavy (non-hydrogen) atoms. The zero-order valence-electron chi connectivity index (χ0n) is 12.2. The Morgan fingerprint density at radius 3 is 2.33 bits per heavy atom. The minimum atomic E-state index is 0.327. The molecule has 2 aromatic carbocycles. The van der Waals surface area contributed by atoms with Crippen molar-refractivity contribution in [2.45, 2.75) is 25.4 Å². The van der Waals surface area contributed by atoms with Crippen molar-refractivity contribution in [3.05, 3.63) is 71.8 Å². The Kier molecular flexibility index (Phi) is 4.31. The Hall–Kier alpha value is -2.13. The lowest BCUT2D eigenvalue weighted by Gasteiger charge is -2.24. The van der Waals surface area contributed by atoms with E-state index in [9.17, 15) is 0 Å². The predicted octanol–water partition coefficient (Wildman–Crippen LogP) is 3.34. The maximum absolute atomic E-state index is 5.69. The van der Waals surface area contributed by atoms with Crippen molar-refractivity contribution in [3.8, 4) is 0 Å². The molecule has 108 valence electrons. The number of rotatable bonds is 5. The Morgan fingerprint density at radius 1 is 1.00 bits per heavy atom. The Bertz CT molecular complexity index is 592. The second-order valence-electron chi connectivity index (χ2n) is 5.42. The average Bonchev–Trinajstić information content (AvgIpc) is 2.92. The smallest absolute Gasteiger partial charge is 0.0776 e. The van der Waals surface area contributed by atoms with Gasteiger partial charge in [-0.2, -0.15) is 5.10 Å². The molecule has 0 spiro atoms. The van der Waals surface area contributed by atoms with Crippen LogP contribution in [0.25, 0.3) is 0 Å². The summed E-state index contributed by atoms with van der Waals surface area (Å²) >= 11 is 0. The van der Waals surface area contributed by atoms with Crippen LogP contribution in [0.2, 0.25) is 0 Å². The third-order valence-electron chi connectivity index (χ3n) is 3.86. The maximum atomic E-state index is 5.69. The van der Waals surface area contributed by atoms with Gasteiger partial charge in [0.1, 0.15) is 0 Å². The minimum absolute atomic E-state index is 0.327. The van der Waals surface area contributed by atoms with Crippen LogP contribution >= 0.6 is 0 Å². The van der Waals surface area contributed by atoms with E-state index in [0.29, 0.717) is 12.6 Å². The lowest BCUT2D eigenvalue weighted by Crippen LogP contribution is -2.19. The summed E-state index contributed by atoms with van der Waals surface area (Å²) in [5.74, 6) is 0. The number of hydrogen-bond acceptors (Lipinski definition) is 3. The van der Waals surface area contributed by atoms with Gasteiger partial charge in [-0.3, -0.25) is 5.01 Å². The fraction of sp³-hybridized carbons (Fsp3) is 0.278. The summed E-state index contributed by atoms with van der Waals surface area (Å²) in [6.07, 6.45) is 1.86. The third kappa shape index (κ3) is 3.31. The largest absolute Gasteiger partial charge is 0.330 e. The molecule has 1 heterocycles. The molecule has 0 amide bonds. The normalized spacial score (nSPS) is 17.9. The van der Waals surface area contributed by atoms with Gasteiger partial charge in [-0.05, 0) is 24.1 Å². The molecule has 3 heteroatoms. The van der Waals surface area contributed by atoms with Gasteiger partial charge < -0.3 is 5.73 Å². The van der Waals surface area contributed by atoms with E-state index in [4.69, 9.17) is 10.8 Å². The van der Waals surface area contributed by atoms with Gasteiger partial charge in [0.2, 0.25) is 0 Å². The van der Waals surface area contributed by atoms with Crippen molar-refractivity contribution in [2.75, 3.05) is 6.54 Å². The lowest BCUT2D eigenvalue weighted by molar-refractivity contribution is 0.224. The first kappa shape index (κ1) is 13.8. The molecule has 0 aliphatic carbocycles. The van der Waals surface area contributed by atoms with E-state index in [1.54, 1.807) is 0 Å². The molecule has 0 bridgehead atoms. The van der Waals surface area contributed by atoms with E-state index < -0.39 is 0 Å². The van der Waals surface area contributed by atoms with Gasteiger partial charge in [0.15, 0.2) is 0 Å². The first-order valence-corrected chi connectivity index (χ1v) is 7.49. The highest BCUT2D eigenvalue weighted by atomic mass is 15.5. The zero-order valence-corrected chi connectivity index (χ0v) is 12.2. The molecule has 0 saturated carbocycles. The monoisotopic (exact) mass is 279 g/mol. The average molecular weight is 279 g/mol. The molecule has 0 aromatic heterocycles. The quantitative estimate of drug-likeness (QED) is 0.912. The molecule has 1 aliphatic heterocycles. The molecule has 1 unspecified atom stereocenters. The van der Waals surface area contributed by atoms with Crippen molar-refractivity contribution >= 4 is 5.71 Å². The Labute approximate surface area is 126 Å². The SMILES string of the molecule is NCCC1=NN(Cc2ccccc2)C(c2ccccc2)C1. The number of hydrazone groups is 1. The van der Waals surface area contributed by atoms with Crippen LogP contribution in [0.5, 0.6) is 0 Å². The Balaban J connectivity index is 1.82. The second kappa shape index (κ2) is 6.55. The van der Waals surface area contributed by atoms with Crippen LogP contribution in [-0.2, 0) is 6.54 Å². The first-order chi connectivity index (χ1) is 10.4. The van der Waals surface area contributed by atoms with Crippen molar-refractivity contribution < 1.29 is 0 Å². The molecule has 0 radical (unpaired) electrons. The molecule has 3 nitrogen and oxygen atoms in total.